The minimum Gasteiger partial charge on any atom is -0.164 e. The summed E-state index contributed by atoms with van der Waals surface area (Å²) < 4.78 is 0. The molecule has 0 amide bonds. The molecule has 3 rings (SSSR count). The lowest BCUT2D eigenvalue weighted by Gasteiger charge is -1.99. The third-order valence-corrected chi connectivity index (χ3v) is 4.89. The molecule has 1 aromatic carbocycles. The number of aromatic nitrogens is 8. The van der Waals surface area contributed by atoms with Gasteiger partial charge in [0.15, 0.2) is 0 Å². The van der Waals surface area contributed by atoms with E-state index in [1.165, 1.54) is 0 Å². The fourth-order valence-electron chi connectivity index (χ4n) is 2.40. The van der Waals surface area contributed by atoms with E-state index in [9.17, 15) is 0 Å². The Hall–Kier alpha value is -1.68. The van der Waals surface area contributed by atoms with Crippen molar-refractivity contribution in [3.05, 3.63) is 24.3 Å². The molecule has 3 aromatic rings. The molecule has 0 fully saturated rings. The zero-order valence-corrected chi connectivity index (χ0v) is 17.5. The maximum Gasteiger partial charge on any atom is 0.204 e. The van der Waals surface area contributed by atoms with Gasteiger partial charge in [-0.2, -0.15) is 9.59 Å². The SMILES string of the molecule is BrCCCCn1nnc(-c2cccc(-c3nnn(CCCCBr)n3)c2)n1. The molecule has 2 aromatic heterocycles. The predicted octanol–water partition coefficient (Wildman–Crippen LogP) is 3.34. The van der Waals surface area contributed by atoms with Gasteiger partial charge in [0.2, 0.25) is 11.6 Å². The first-order chi connectivity index (χ1) is 12.8. The van der Waals surface area contributed by atoms with Crippen molar-refractivity contribution in [1.29, 1.82) is 0 Å². The van der Waals surface area contributed by atoms with E-state index in [0.717, 1.165) is 60.6 Å². The molecule has 0 atom stereocenters. The number of tetrazole rings is 2. The van der Waals surface area contributed by atoms with Crippen LogP contribution in [-0.2, 0) is 13.1 Å². The minimum atomic E-state index is 0.607. The molecule has 0 bridgehead atoms. The zero-order valence-electron chi connectivity index (χ0n) is 14.3. The van der Waals surface area contributed by atoms with Crippen LogP contribution in [0.5, 0.6) is 0 Å². The van der Waals surface area contributed by atoms with Crippen LogP contribution in [0.2, 0.25) is 0 Å². The molecule has 0 unspecified atom stereocenters. The molecular formula is C16H20Br2N8. The maximum atomic E-state index is 4.46. The lowest BCUT2D eigenvalue weighted by molar-refractivity contribution is 0.498. The topological polar surface area (TPSA) is 87.2 Å². The van der Waals surface area contributed by atoms with E-state index in [0.29, 0.717) is 11.6 Å². The van der Waals surface area contributed by atoms with Gasteiger partial charge < -0.3 is 0 Å². The number of nitrogens with zero attached hydrogens (tertiary/aromatic N) is 8. The van der Waals surface area contributed by atoms with Crippen molar-refractivity contribution >= 4 is 31.9 Å². The number of rotatable bonds is 10. The second kappa shape index (κ2) is 9.86. The molecule has 8 nitrogen and oxygen atoms in total. The Kier molecular flexibility index (Phi) is 7.24. The first kappa shape index (κ1) is 19.1. The third-order valence-electron chi connectivity index (χ3n) is 3.77. The highest BCUT2D eigenvalue weighted by atomic mass is 79.9. The molecule has 10 heteroatoms. The summed E-state index contributed by atoms with van der Waals surface area (Å²) in [6.45, 7) is 1.53. The van der Waals surface area contributed by atoms with E-state index >= 15 is 0 Å². The summed E-state index contributed by atoms with van der Waals surface area (Å²) in [7, 11) is 0. The van der Waals surface area contributed by atoms with Crippen molar-refractivity contribution in [2.24, 2.45) is 0 Å². The normalized spacial score (nSPS) is 11.2. The number of hydrogen-bond acceptors (Lipinski definition) is 6. The average Bonchev–Trinajstić information content (AvgIpc) is 3.32. The summed E-state index contributed by atoms with van der Waals surface area (Å²) in [5, 5.41) is 27.4. The molecule has 0 spiro atoms. The zero-order chi connectivity index (χ0) is 18.2. The van der Waals surface area contributed by atoms with Gasteiger partial charge in [-0.3, -0.25) is 0 Å². The van der Waals surface area contributed by atoms with Crippen molar-refractivity contribution in [2.45, 2.75) is 38.8 Å². The van der Waals surface area contributed by atoms with Crippen LogP contribution in [0.3, 0.4) is 0 Å². The lowest BCUT2D eigenvalue weighted by atomic mass is 10.1. The first-order valence-corrected chi connectivity index (χ1v) is 10.8. The van der Waals surface area contributed by atoms with E-state index in [-0.39, 0.29) is 0 Å². The molecule has 0 saturated carbocycles. The Bertz CT molecular complexity index is 752. The van der Waals surface area contributed by atoms with Gasteiger partial charge in [-0.05, 0) is 42.2 Å². The molecule has 0 saturated heterocycles. The fraction of sp³-hybridized carbons (Fsp3) is 0.500. The molecule has 0 aliphatic heterocycles. The summed E-state index contributed by atoms with van der Waals surface area (Å²) in [4.78, 5) is 3.28. The average molecular weight is 484 g/mol. The molecule has 2 heterocycles. The first-order valence-electron chi connectivity index (χ1n) is 8.58. The molecule has 26 heavy (non-hydrogen) atoms. The van der Waals surface area contributed by atoms with Crippen molar-refractivity contribution in [3.63, 3.8) is 0 Å². The number of benzene rings is 1. The van der Waals surface area contributed by atoms with Gasteiger partial charge in [-0.25, -0.2) is 0 Å². The Balaban J connectivity index is 1.70. The summed E-state index contributed by atoms with van der Waals surface area (Å²) in [5.41, 5.74) is 1.79. The van der Waals surface area contributed by atoms with Gasteiger partial charge in [0, 0.05) is 21.8 Å². The molecule has 138 valence electrons. The Morgan fingerprint density at radius 2 is 1.23 bits per heavy atom. The van der Waals surface area contributed by atoms with Crippen LogP contribution in [0.25, 0.3) is 22.8 Å². The van der Waals surface area contributed by atoms with Crippen LogP contribution in [-0.4, -0.2) is 51.1 Å². The number of halogens is 2. The third kappa shape index (κ3) is 5.16. The van der Waals surface area contributed by atoms with E-state index in [4.69, 9.17) is 0 Å². The standard InChI is InChI=1S/C16H20Br2N8/c17-8-1-3-10-25-21-15(19-23-25)13-6-5-7-14(12-13)16-20-24-26(22-16)11-4-2-9-18/h5-7,12H,1-4,8-11H2. The summed E-state index contributed by atoms with van der Waals surface area (Å²) in [5.74, 6) is 1.21. The lowest BCUT2D eigenvalue weighted by Crippen LogP contribution is -2.02. The monoisotopic (exact) mass is 482 g/mol. The van der Waals surface area contributed by atoms with Crippen LogP contribution >= 0.6 is 31.9 Å². The molecule has 0 aliphatic carbocycles. The number of alkyl halides is 2. The quantitative estimate of drug-likeness (QED) is 0.324. The number of aryl methyl sites for hydroxylation is 2. The van der Waals surface area contributed by atoms with Gasteiger partial charge in [-0.15, -0.1) is 20.4 Å². The van der Waals surface area contributed by atoms with Gasteiger partial charge in [0.25, 0.3) is 0 Å². The van der Waals surface area contributed by atoms with Gasteiger partial charge in [0.05, 0.1) is 13.1 Å². The van der Waals surface area contributed by atoms with Gasteiger partial charge >= 0.3 is 0 Å². The number of unbranched alkanes of at least 4 members (excludes halogenated alkanes) is 2. The van der Waals surface area contributed by atoms with Crippen LogP contribution in [0.15, 0.2) is 24.3 Å². The van der Waals surface area contributed by atoms with Crippen LogP contribution in [0.1, 0.15) is 25.7 Å². The van der Waals surface area contributed by atoms with Crippen molar-refractivity contribution in [2.75, 3.05) is 10.7 Å². The van der Waals surface area contributed by atoms with E-state index in [2.05, 4.69) is 62.7 Å². The fourth-order valence-corrected chi connectivity index (χ4v) is 3.19. The summed E-state index contributed by atoms with van der Waals surface area (Å²) in [6, 6.07) is 7.84. The largest absolute Gasteiger partial charge is 0.204 e. The van der Waals surface area contributed by atoms with Crippen LogP contribution < -0.4 is 0 Å². The second-order valence-corrected chi connectivity index (χ2v) is 7.38. The Morgan fingerprint density at radius 3 is 1.69 bits per heavy atom. The van der Waals surface area contributed by atoms with Gasteiger partial charge in [-0.1, -0.05) is 50.1 Å². The van der Waals surface area contributed by atoms with E-state index < -0.39 is 0 Å². The van der Waals surface area contributed by atoms with E-state index in [1.54, 1.807) is 9.59 Å². The minimum absolute atomic E-state index is 0.607. The van der Waals surface area contributed by atoms with Crippen LogP contribution in [0, 0.1) is 0 Å². The van der Waals surface area contributed by atoms with Gasteiger partial charge in [0.1, 0.15) is 0 Å². The number of hydrogen-bond donors (Lipinski definition) is 0. The molecule has 0 N–H and O–H groups in total. The Labute approximate surface area is 168 Å². The highest BCUT2D eigenvalue weighted by molar-refractivity contribution is 9.09. The van der Waals surface area contributed by atoms with Crippen molar-refractivity contribution in [3.8, 4) is 22.8 Å². The van der Waals surface area contributed by atoms with Crippen LogP contribution in [0.4, 0.5) is 0 Å². The highest BCUT2D eigenvalue weighted by Gasteiger charge is 2.10. The Morgan fingerprint density at radius 1 is 0.731 bits per heavy atom. The molecule has 0 radical (unpaired) electrons. The summed E-state index contributed by atoms with van der Waals surface area (Å²) >= 11 is 6.86. The smallest absolute Gasteiger partial charge is 0.164 e. The highest BCUT2D eigenvalue weighted by Crippen LogP contribution is 2.21. The maximum absolute atomic E-state index is 4.46. The predicted molar refractivity (Wildman–Crippen MR) is 106 cm³/mol. The summed E-state index contributed by atoms with van der Waals surface area (Å²) in [6.07, 6.45) is 4.21. The molecular weight excluding hydrogens is 464 g/mol. The second-order valence-electron chi connectivity index (χ2n) is 5.79. The van der Waals surface area contributed by atoms with Crippen molar-refractivity contribution in [1.82, 2.24) is 40.4 Å². The van der Waals surface area contributed by atoms with Crippen molar-refractivity contribution < 1.29 is 0 Å². The van der Waals surface area contributed by atoms with E-state index in [1.807, 2.05) is 24.3 Å². The molecule has 0 aliphatic rings.